The van der Waals surface area contributed by atoms with Gasteiger partial charge >= 0.3 is 6.03 Å². The third-order valence-corrected chi connectivity index (χ3v) is 4.08. The number of urea groups is 1. The first-order valence-corrected chi connectivity index (χ1v) is 8.07. The highest BCUT2D eigenvalue weighted by Crippen LogP contribution is 2.20. The van der Waals surface area contributed by atoms with E-state index in [1.807, 2.05) is 13.8 Å². The van der Waals surface area contributed by atoms with Crippen LogP contribution >= 0.6 is 11.6 Å². The largest absolute Gasteiger partial charge is 0.337 e. The minimum absolute atomic E-state index is 0.235. The first-order chi connectivity index (χ1) is 11.0. The molecule has 1 saturated heterocycles. The molecule has 1 fully saturated rings. The molecule has 2 rings (SSSR count). The van der Waals surface area contributed by atoms with Crippen LogP contribution in [0.5, 0.6) is 0 Å². The van der Waals surface area contributed by atoms with E-state index in [1.165, 1.54) is 16.1 Å². The van der Waals surface area contributed by atoms with Crippen LogP contribution in [0.3, 0.4) is 0 Å². The van der Waals surface area contributed by atoms with E-state index in [0.717, 1.165) is 18.5 Å². The fraction of sp³-hybridized carbons (Fsp3) is 0.533. The molecule has 1 aromatic heterocycles. The second-order valence-corrected chi connectivity index (χ2v) is 5.77. The zero-order chi connectivity index (χ0) is 17.0. The van der Waals surface area contributed by atoms with Gasteiger partial charge in [-0.3, -0.25) is 9.48 Å². The lowest BCUT2D eigenvalue weighted by Gasteiger charge is -2.26. The summed E-state index contributed by atoms with van der Waals surface area (Å²) >= 11 is 6.14. The van der Waals surface area contributed by atoms with Gasteiger partial charge in [-0.1, -0.05) is 18.5 Å². The smallest absolute Gasteiger partial charge is 0.336 e. The lowest BCUT2D eigenvalue weighted by atomic mass is 10.2. The number of aromatic nitrogens is 2. The molecular weight excluding hydrogens is 318 g/mol. The van der Waals surface area contributed by atoms with E-state index in [1.54, 1.807) is 17.8 Å². The summed E-state index contributed by atoms with van der Waals surface area (Å²) in [5.41, 5.74) is 1.46. The summed E-state index contributed by atoms with van der Waals surface area (Å²) in [4.78, 5) is 24.5. The molecule has 0 bridgehead atoms. The van der Waals surface area contributed by atoms with Crippen LogP contribution < -0.4 is 5.32 Å². The highest BCUT2D eigenvalue weighted by molar-refractivity contribution is 6.31. The van der Waals surface area contributed by atoms with Crippen molar-refractivity contribution < 1.29 is 9.59 Å². The van der Waals surface area contributed by atoms with Crippen molar-refractivity contribution >= 4 is 29.6 Å². The molecule has 1 aromatic rings. The van der Waals surface area contributed by atoms with E-state index >= 15 is 0 Å². The summed E-state index contributed by atoms with van der Waals surface area (Å²) in [5, 5.41) is 10.4. The molecule has 1 aliphatic heterocycles. The molecule has 0 atom stereocenters. The van der Waals surface area contributed by atoms with Gasteiger partial charge in [0.05, 0.1) is 5.69 Å². The van der Waals surface area contributed by atoms with Crippen molar-refractivity contribution in [1.82, 2.24) is 25.1 Å². The third-order valence-electron chi connectivity index (χ3n) is 3.64. The number of rotatable bonds is 4. The molecule has 0 saturated carbocycles. The number of hydrazine groups is 1. The van der Waals surface area contributed by atoms with Gasteiger partial charge in [-0.05, 0) is 25.8 Å². The normalized spacial score (nSPS) is 14.8. The van der Waals surface area contributed by atoms with E-state index in [4.69, 9.17) is 11.6 Å². The van der Waals surface area contributed by atoms with E-state index in [2.05, 4.69) is 10.4 Å². The monoisotopic (exact) mass is 339 g/mol. The summed E-state index contributed by atoms with van der Waals surface area (Å²) in [6.45, 7) is 5.48. The second kappa shape index (κ2) is 7.50. The maximum atomic E-state index is 12.4. The van der Waals surface area contributed by atoms with Gasteiger partial charge in [0, 0.05) is 38.3 Å². The molecule has 8 heteroatoms. The fourth-order valence-corrected chi connectivity index (χ4v) is 2.69. The van der Waals surface area contributed by atoms with Crippen LogP contribution in [0.15, 0.2) is 6.08 Å². The Morgan fingerprint density at radius 1 is 1.35 bits per heavy atom. The van der Waals surface area contributed by atoms with Crippen molar-refractivity contribution in [2.75, 3.05) is 19.6 Å². The number of nitrogens with one attached hydrogen (secondary N) is 1. The van der Waals surface area contributed by atoms with Crippen LogP contribution in [-0.4, -0.2) is 51.4 Å². The number of nitrogens with zero attached hydrogens (tertiary/aromatic N) is 4. The first-order valence-electron chi connectivity index (χ1n) is 7.69. The highest BCUT2D eigenvalue weighted by Gasteiger charge is 2.29. The van der Waals surface area contributed by atoms with Crippen molar-refractivity contribution in [2.45, 2.75) is 26.7 Å². The van der Waals surface area contributed by atoms with Gasteiger partial charge in [-0.2, -0.15) is 5.10 Å². The van der Waals surface area contributed by atoms with Crippen LogP contribution in [0, 0.1) is 6.92 Å². The zero-order valence-electron chi connectivity index (χ0n) is 13.7. The summed E-state index contributed by atoms with van der Waals surface area (Å²) in [6, 6.07) is -0.235. The van der Waals surface area contributed by atoms with Crippen molar-refractivity contribution in [3.8, 4) is 0 Å². The number of aryl methyl sites for hydroxylation is 2. The Bertz CT molecular complexity index is 626. The number of halogens is 1. The maximum Gasteiger partial charge on any atom is 0.336 e. The Kier molecular flexibility index (Phi) is 5.65. The van der Waals surface area contributed by atoms with Crippen LogP contribution in [-0.2, 0) is 11.8 Å². The fourth-order valence-electron chi connectivity index (χ4n) is 2.45. The molecule has 23 heavy (non-hydrogen) atoms. The highest BCUT2D eigenvalue weighted by atomic mass is 35.5. The Hall–Kier alpha value is -2.02. The van der Waals surface area contributed by atoms with Crippen molar-refractivity contribution in [1.29, 1.82) is 0 Å². The van der Waals surface area contributed by atoms with Crippen molar-refractivity contribution in [3.63, 3.8) is 0 Å². The molecule has 0 radical (unpaired) electrons. The third kappa shape index (κ3) is 3.85. The first kappa shape index (κ1) is 17.3. The SMILES string of the molecule is CCCNC(=O)N1CCCN1C(=O)/C=C/c1c(C)nn(C)c1Cl. The number of carbonyl (C=O) groups excluding carboxylic acids is 2. The Balaban J connectivity index is 2.07. The van der Waals surface area contributed by atoms with Gasteiger partial charge in [-0.15, -0.1) is 0 Å². The molecule has 126 valence electrons. The van der Waals surface area contributed by atoms with Crippen LogP contribution in [0.4, 0.5) is 4.79 Å². The lowest BCUT2D eigenvalue weighted by Crippen LogP contribution is -2.48. The van der Waals surface area contributed by atoms with Crippen LogP contribution in [0.25, 0.3) is 6.08 Å². The molecule has 0 aromatic carbocycles. The van der Waals surface area contributed by atoms with E-state index in [9.17, 15) is 9.59 Å². The van der Waals surface area contributed by atoms with Gasteiger partial charge in [0.25, 0.3) is 5.91 Å². The molecule has 0 unspecified atom stereocenters. The molecule has 2 heterocycles. The number of hydrogen-bond donors (Lipinski definition) is 1. The number of hydrogen-bond acceptors (Lipinski definition) is 3. The van der Waals surface area contributed by atoms with Crippen molar-refractivity contribution in [2.24, 2.45) is 7.05 Å². The summed E-state index contributed by atoms with van der Waals surface area (Å²) in [6.07, 6.45) is 4.70. The quantitative estimate of drug-likeness (QED) is 0.852. The summed E-state index contributed by atoms with van der Waals surface area (Å²) < 4.78 is 1.56. The maximum absolute atomic E-state index is 12.4. The van der Waals surface area contributed by atoms with Crippen LogP contribution in [0.1, 0.15) is 31.0 Å². The topological polar surface area (TPSA) is 70.5 Å². The standard InChI is InChI=1S/C15H22ClN5O2/c1-4-8-17-15(23)21-10-5-9-20(21)13(22)7-6-12-11(2)18-19(3)14(12)16/h6-7H,4-5,8-10H2,1-3H3,(H,17,23)/b7-6+. The van der Waals surface area contributed by atoms with Gasteiger partial charge < -0.3 is 5.32 Å². The molecule has 3 amide bonds. The number of carbonyl (C=O) groups is 2. The Morgan fingerprint density at radius 2 is 2.04 bits per heavy atom. The Labute approximate surface area is 140 Å². The average molecular weight is 340 g/mol. The van der Waals surface area contributed by atoms with Gasteiger partial charge in [-0.25, -0.2) is 14.8 Å². The van der Waals surface area contributed by atoms with E-state index in [-0.39, 0.29) is 11.9 Å². The average Bonchev–Trinajstić information content (AvgIpc) is 3.09. The number of amides is 3. The van der Waals surface area contributed by atoms with Gasteiger partial charge in [0.1, 0.15) is 5.15 Å². The predicted molar refractivity (Wildman–Crippen MR) is 88.7 cm³/mol. The minimum atomic E-state index is -0.242. The predicted octanol–water partition coefficient (Wildman–Crippen LogP) is 1.96. The van der Waals surface area contributed by atoms with Gasteiger partial charge in [0.15, 0.2) is 0 Å². The molecular formula is C15H22ClN5O2. The van der Waals surface area contributed by atoms with Crippen LogP contribution in [0.2, 0.25) is 5.15 Å². The molecule has 0 aliphatic carbocycles. The lowest BCUT2D eigenvalue weighted by molar-refractivity contribution is -0.134. The molecule has 1 N–H and O–H groups in total. The Morgan fingerprint density at radius 3 is 2.65 bits per heavy atom. The van der Waals surface area contributed by atoms with Gasteiger partial charge in [0.2, 0.25) is 0 Å². The second-order valence-electron chi connectivity index (χ2n) is 5.42. The minimum Gasteiger partial charge on any atom is -0.337 e. The zero-order valence-corrected chi connectivity index (χ0v) is 14.4. The van der Waals surface area contributed by atoms with E-state index < -0.39 is 0 Å². The molecule has 1 aliphatic rings. The van der Waals surface area contributed by atoms with E-state index in [0.29, 0.717) is 30.4 Å². The summed E-state index contributed by atoms with van der Waals surface area (Å²) in [7, 11) is 1.74. The molecule has 7 nitrogen and oxygen atoms in total. The van der Waals surface area contributed by atoms with Crippen molar-refractivity contribution in [3.05, 3.63) is 22.5 Å². The molecule has 0 spiro atoms. The summed E-state index contributed by atoms with van der Waals surface area (Å²) in [5.74, 6) is -0.242.